The van der Waals surface area contributed by atoms with E-state index in [4.69, 9.17) is 16.3 Å². The van der Waals surface area contributed by atoms with Gasteiger partial charge in [0.2, 0.25) is 0 Å². The summed E-state index contributed by atoms with van der Waals surface area (Å²) >= 11 is 6.26. The lowest BCUT2D eigenvalue weighted by Gasteiger charge is -2.25. The molecule has 1 amide bonds. The van der Waals surface area contributed by atoms with Crippen LogP contribution in [0.15, 0.2) is 48.0 Å². The lowest BCUT2D eigenvalue weighted by molar-refractivity contribution is -0.139. The summed E-state index contributed by atoms with van der Waals surface area (Å²) in [6.07, 6.45) is 0.690. The van der Waals surface area contributed by atoms with Crippen molar-refractivity contribution in [2.45, 2.75) is 26.3 Å². The molecule has 0 radical (unpaired) electrons. The maximum atomic E-state index is 12.9. The van der Waals surface area contributed by atoms with Crippen molar-refractivity contribution in [1.82, 2.24) is 4.90 Å². The first-order valence-corrected chi connectivity index (χ1v) is 9.46. The molecule has 5 nitrogen and oxygen atoms in total. The normalized spacial score (nSPS) is 18.6. The highest BCUT2D eigenvalue weighted by Gasteiger charge is 2.45. The molecule has 1 heterocycles. The second-order valence-corrected chi connectivity index (χ2v) is 7.14. The van der Waals surface area contributed by atoms with E-state index in [0.29, 0.717) is 23.6 Å². The lowest BCUT2D eigenvalue weighted by Crippen LogP contribution is -2.30. The predicted octanol–water partition coefficient (Wildman–Crippen LogP) is 4.49. The molecule has 0 bridgehead atoms. The van der Waals surface area contributed by atoms with Crippen LogP contribution < -0.4 is 4.74 Å². The van der Waals surface area contributed by atoms with Crippen molar-refractivity contribution in [1.29, 1.82) is 0 Å². The van der Waals surface area contributed by atoms with Gasteiger partial charge in [-0.25, -0.2) is 0 Å². The van der Waals surface area contributed by atoms with Crippen LogP contribution in [0.4, 0.5) is 0 Å². The van der Waals surface area contributed by atoms with Crippen LogP contribution >= 0.6 is 11.6 Å². The van der Waals surface area contributed by atoms with Crippen LogP contribution in [-0.2, 0) is 9.59 Å². The molecular formula is C22H22ClNO4. The number of likely N-dealkylation sites (tertiary alicyclic amines) is 1. The van der Waals surface area contributed by atoms with Crippen LogP contribution in [0, 0.1) is 6.92 Å². The monoisotopic (exact) mass is 399 g/mol. The zero-order chi connectivity index (χ0) is 20.4. The number of hydrogen-bond donors (Lipinski definition) is 1. The van der Waals surface area contributed by atoms with Crippen LogP contribution in [-0.4, -0.2) is 35.4 Å². The van der Waals surface area contributed by atoms with Gasteiger partial charge in [0.1, 0.15) is 11.5 Å². The van der Waals surface area contributed by atoms with E-state index in [-0.39, 0.29) is 17.1 Å². The molecule has 1 fully saturated rings. The Morgan fingerprint density at radius 2 is 1.89 bits per heavy atom. The van der Waals surface area contributed by atoms with E-state index in [1.807, 2.05) is 44.2 Å². The van der Waals surface area contributed by atoms with Crippen LogP contribution in [0.2, 0.25) is 5.02 Å². The number of carbonyl (C=O) groups is 2. The quantitative estimate of drug-likeness (QED) is 0.457. The first-order chi connectivity index (χ1) is 13.4. The van der Waals surface area contributed by atoms with Crippen molar-refractivity contribution in [2.75, 3.05) is 13.7 Å². The van der Waals surface area contributed by atoms with Crippen molar-refractivity contribution >= 4 is 29.1 Å². The fraction of sp³-hybridized carbons (Fsp3) is 0.273. The summed E-state index contributed by atoms with van der Waals surface area (Å²) in [5, 5.41) is 11.5. The van der Waals surface area contributed by atoms with Gasteiger partial charge in [-0.15, -0.1) is 0 Å². The van der Waals surface area contributed by atoms with Crippen molar-refractivity contribution in [3.05, 3.63) is 69.8 Å². The number of aryl methyl sites for hydroxylation is 1. The lowest BCUT2D eigenvalue weighted by atomic mass is 9.94. The molecule has 0 saturated carbocycles. The van der Waals surface area contributed by atoms with Crippen molar-refractivity contribution in [3.63, 3.8) is 0 Å². The van der Waals surface area contributed by atoms with Gasteiger partial charge in [0.25, 0.3) is 11.7 Å². The average Bonchev–Trinajstić information content (AvgIpc) is 2.93. The molecule has 2 aromatic carbocycles. The summed E-state index contributed by atoms with van der Waals surface area (Å²) in [6.45, 7) is 4.17. The molecule has 0 spiro atoms. The van der Waals surface area contributed by atoms with Crippen LogP contribution in [0.5, 0.6) is 5.75 Å². The number of carbonyl (C=O) groups excluding carboxylic acids is 2. The van der Waals surface area contributed by atoms with E-state index in [0.717, 1.165) is 11.1 Å². The number of rotatable bonds is 5. The molecule has 1 unspecified atom stereocenters. The highest BCUT2D eigenvalue weighted by molar-refractivity contribution is 6.46. The average molecular weight is 400 g/mol. The van der Waals surface area contributed by atoms with E-state index >= 15 is 0 Å². The Bertz CT molecular complexity index is 953. The molecule has 1 atom stereocenters. The SMILES string of the molecule is CCCN1C(=O)C(=O)/C(=C(/O)c2cc(C)cc(Cl)c2OC)C1c1ccccc1. The maximum absolute atomic E-state index is 12.9. The third kappa shape index (κ3) is 3.38. The Morgan fingerprint density at radius 1 is 1.21 bits per heavy atom. The van der Waals surface area contributed by atoms with Crippen molar-refractivity contribution in [3.8, 4) is 5.75 Å². The van der Waals surface area contributed by atoms with Gasteiger partial charge in [0, 0.05) is 6.54 Å². The first kappa shape index (κ1) is 20.0. The van der Waals surface area contributed by atoms with Gasteiger partial charge in [0.05, 0.1) is 29.3 Å². The molecule has 146 valence electrons. The van der Waals surface area contributed by atoms with Gasteiger partial charge in [-0.1, -0.05) is 48.9 Å². The number of Topliss-reactive ketones (excluding diaryl/α,β-unsaturated/α-hetero) is 1. The summed E-state index contributed by atoms with van der Waals surface area (Å²) in [5.74, 6) is -1.35. The number of benzene rings is 2. The van der Waals surface area contributed by atoms with E-state index in [2.05, 4.69) is 0 Å². The Morgan fingerprint density at radius 3 is 2.50 bits per heavy atom. The number of hydrogen-bond acceptors (Lipinski definition) is 4. The topological polar surface area (TPSA) is 66.8 Å². The minimum Gasteiger partial charge on any atom is -0.507 e. The standard InChI is InChI=1S/C22H22ClNO4/c1-4-10-24-18(14-8-6-5-7-9-14)17(20(26)22(24)27)19(25)15-11-13(2)12-16(23)21(15)28-3/h5-9,11-12,18,25H,4,10H2,1-3H3/b19-17+. The summed E-state index contributed by atoms with van der Waals surface area (Å²) in [7, 11) is 1.44. The van der Waals surface area contributed by atoms with Crippen LogP contribution in [0.1, 0.15) is 36.1 Å². The van der Waals surface area contributed by atoms with Gasteiger partial charge in [-0.3, -0.25) is 9.59 Å². The van der Waals surface area contributed by atoms with E-state index < -0.39 is 17.7 Å². The molecular weight excluding hydrogens is 378 g/mol. The molecule has 1 aliphatic heterocycles. The minimum atomic E-state index is -0.709. The van der Waals surface area contributed by atoms with Crippen molar-refractivity contribution < 1.29 is 19.4 Å². The Hall–Kier alpha value is -2.79. The van der Waals surface area contributed by atoms with Gasteiger partial charge < -0.3 is 14.7 Å². The zero-order valence-corrected chi connectivity index (χ0v) is 16.8. The summed E-state index contributed by atoms with van der Waals surface area (Å²) in [6, 6.07) is 12.0. The van der Waals surface area contributed by atoms with E-state index in [9.17, 15) is 14.7 Å². The summed E-state index contributed by atoms with van der Waals surface area (Å²) in [4.78, 5) is 27.1. The molecule has 3 rings (SSSR count). The second kappa shape index (κ2) is 8.07. The van der Waals surface area contributed by atoms with Gasteiger partial charge >= 0.3 is 0 Å². The summed E-state index contributed by atoms with van der Waals surface area (Å²) in [5.41, 5.74) is 1.90. The smallest absolute Gasteiger partial charge is 0.295 e. The second-order valence-electron chi connectivity index (χ2n) is 6.73. The number of aliphatic hydroxyl groups is 1. The number of ketones is 1. The third-order valence-corrected chi connectivity index (χ3v) is 5.05. The third-order valence-electron chi connectivity index (χ3n) is 4.77. The summed E-state index contributed by atoms with van der Waals surface area (Å²) < 4.78 is 5.35. The fourth-order valence-corrected chi connectivity index (χ4v) is 3.94. The van der Waals surface area contributed by atoms with Crippen LogP contribution in [0.25, 0.3) is 5.76 Å². The molecule has 0 aromatic heterocycles. The van der Waals surface area contributed by atoms with Gasteiger partial charge in [-0.05, 0) is 36.6 Å². The molecule has 1 saturated heterocycles. The Labute approximate surface area is 169 Å². The fourth-order valence-electron chi connectivity index (χ4n) is 3.59. The first-order valence-electron chi connectivity index (χ1n) is 9.08. The molecule has 6 heteroatoms. The van der Waals surface area contributed by atoms with Crippen molar-refractivity contribution in [2.24, 2.45) is 0 Å². The van der Waals surface area contributed by atoms with E-state index in [1.165, 1.54) is 12.0 Å². The molecule has 2 aromatic rings. The highest BCUT2D eigenvalue weighted by atomic mass is 35.5. The highest BCUT2D eigenvalue weighted by Crippen LogP contribution is 2.42. The number of methoxy groups -OCH3 is 1. The molecule has 1 N–H and O–H groups in total. The maximum Gasteiger partial charge on any atom is 0.295 e. The number of amides is 1. The Balaban J connectivity index is 2.27. The number of ether oxygens (including phenoxy) is 1. The Kier molecular flexibility index (Phi) is 5.75. The number of halogens is 1. The molecule has 1 aliphatic rings. The van der Waals surface area contributed by atoms with E-state index in [1.54, 1.807) is 12.1 Å². The number of nitrogens with zero attached hydrogens (tertiary/aromatic N) is 1. The predicted molar refractivity (Wildman–Crippen MR) is 108 cm³/mol. The zero-order valence-electron chi connectivity index (χ0n) is 16.0. The largest absolute Gasteiger partial charge is 0.507 e. The molecule has 0 aliphatic carbocycles. The van der Waals surface area contributed by atoms with Crippen LogP contribution in [0.3, 0.4) is 0 Å². The molecule has 28 heavy (non-hydrogen) atoms. The van der Waals surface area contributed by atoms with Gasteiger partial charge in [-0.2, -0.15) is 0 Å². The number of aliphatic hydroxyl groups excluding tert-OH is 1. The van der Waals surface area contributed by atoms with Gasteiger partial charge in [0.15, 0.2) is 0 Å². The minimum absolute atomic E-state index is 0.0459.